The SMILES string of the molecule is CCOc1cccc(C(C)NC(=O)C2CSCN2C(=O)CC(C)(C)C)c1. The molecule has 0 radical (unpaired) electrons. The molecule has 0 aromatic heterocycles. The van der Waals surface area contributed by atoms with Gasteiger partial charge in [0.05, 0.1) is 18.5 Å². The van der Waals surface area contributed by atoms with Gasteiger partial charge in [0, 0.05) is 12.2 Å². The molecular weight excluding hydrogens is 348 g/mol. The fourth-order valence-electron chi connectivity index (χ4n) is 2.89. The molecule has 144 valence electrons. The molecule has 6 heteroatoms. The number of nitrogens with one attached hydrogen (secondary N) is 1. The Kier molecular flexibility index (Phi) is 6.98. The van der Waals surface area contributed by atoms with Crippen LogP contribution in [0.4, 0.5) is 0 Å². The minimum Gasteiger partial charge on any atom is -0.494 e. The summed E-state index contributed by atoms with van der Waals surface area (Å²) in [7, 11) is 0. The molecule has 5 nitrogen and oxygen atoms in total. The van der Waals surface area contributed by atoms with Gasteiger partial charge in [-0.25, -0.2) is 0 Å². The van der Waals surface area contributed by atoms with Crippen LogP contribution in [0.2, 0.25) is 0 Å². The van der Waals surface area contributed by atoms with Crippen LogP contribution in [0.5, 0.6) is 5.75 Å². The number of hydrogen-bond acceptors (Lipinski definition) is 4. The molecule has 2 atom stereocenters. The molecule has 0 bridgehead atoms. The number of rotatable bonds is 6. The van der Waals surface area contributed by atoms with Crippen LogP contribution in [0, 0.1) is 5.41 Å². The van der Waals surface area contributed by atoms with Crippen LogP contribution in [0.3, 0.4) is 0 Å². The van der Waals surface area contributed by atoms with E-state index in [-0.39, 0.29) is 23.3 Å². The lowest BCUT2D eigenvalue weighted by Crippen LogP contribution is -2.48. The lowest BCUT2D eigenvalue weighted by molar-refractivity contribution is -0.139. The van der Waals surface area contributed by atoms with Gasteiger partial charge in [-0.1, -0.05) is 32.9 Å². The highest BCUT2D eigenvalue weighted by molar-refractivity contribution is 7.99. The molecule has 2 rings (SSSR count). The fourth-order valence-corrected chi connectivity index (χ4v) is 4.07. The molecule has 1 aliphatic heterocycles. The van der Waals surface area contributed by atoms with Crippen LogP contribution in [0.15, 0.2) is 24.3 Å². The normalized spacial score (nSPS) is 18.5. The first-order valence-corrected chi connectivity index (χ1v) is 10.3. The van der Waals surface area contributed by atoms with Crippen LogP contribution in [0.1, 0.15) is 52.6 Å². The quantitative estimate of drug-likeness (QED) is 0.822. The van der Waals surface area contributed by atoms with Gasteiger partial charge < -0.3 is 15.0 Å². The van der Waals surface area contributed by atoms with Gasteiger partial charge in [-0.15, -0.1) is 11.8 Å². The van der Waals surface area contributed by atoms with E-state index in [0.717, 1.165) is 11.3 Å². The van der Waals surface area contributed by atoms with Crippen molar-refractivity contribution >= 4 is 23.6 Å². The van der Waals surface area contributed by atoms with E-state index in [1.807, 2.05) is 58.9 Å². The fraction of sp³-hybridized carbons (Fsp3) is 0.600. The molecule has 2 unspecified atom stereocenters. The van der Waals surface area contributed by atoms with Gasteiger partial charge in [-0.05, 0) is 37.0 Å². The van der Waals surface area contributed by atoms with Crippen molar-refractivity contribution in [2.75, 3.05) is 18.2 Å². The second-order valence-corrected chi connectivity index (χ2v) is 8.85. The van der Waals surface area contributed by atoms with Crippen molar-refractivity contribution in [3.8, 4) is 5.75 Å². The summed E-state index contributed by atoms with van der Waals surface area (Å²) in [5, 5.41) is 3.05. The maximum atomic E-state index is 12.8. The smallest absolute Gasteiger partial charge is 0.244 e. The van der Waals surface area contributed by atoms with E-state index in [1.54, 1.807) is 16.7 Å². The first kappa shape index (κ1) is 20.6. The molecule has 2 amide bonds. The molecule has 1 N–H and O–H groups in total. The standard InChI is InChI=1S/C20H30N2O3S/c1-6-25-16-9-7-8-15(10-16)14(2)21-19(24)17-12-26-13-22(17)18(23)11-20(3,4)5/h7-10,14,17H,6,11-13H2,1-5H3,(H,21,24). The van der Waals surface area contributed by atoms with E-state index in [0.29, 0.717) is 24.7 Å². The Morgan fingerprint density at radius 1 is 1.38 bits per heavy atom. The highest BCUT2D eigenvalue weighted by Crippen LogP contribution is 2.27. The Morgan fingerprint density at radius 3 is 2.77 bits per heavy atom. The van der Waals surface area contributed by atoms with Crippen LogP contribution in [0.25, 0.3) is 0 Å². The predicted octanol–water partition coefficient (Wildman–Crippen LogP) is 3.60. The Hall–Kier alpha value is -1.69. The number of ether oxygens (including phenoxy) is 1. The molecule has 1 heterocycles. The zero-order chi connectivity index (χ0) is 19.3. The third kappa shape index (κ3) is 5.66. The van der Waals surface area contributed by atoms with E-state index in [1.165, 1.54) is 0 Å². The lowest BCUT2D eigenvalue weighted by Gasteiger charge is -2.28. The van der Waals surface area contributed by atoms with Crippen molar-refractivity contribution in [2.45, 2.75) is 53.1 Å². The number of carbonyl (C=O) groups is 2. The molecule has 0 aliphatic carbocycles. The summed E-state index contributed by atoms with van der Waals surface area (Å²) in [5.74, 6) is 1.99. The number of thioether (sulfide) groups is 1. The number of amides is 2. The highest BCUT2D eigenvalue weighted by Gasteiger charge is 2.36. The van der Waals surface area contributed by atoms with Crippen molar-refractivity contribution in [1.29, 1.82) is 0 Å². The summed E-state index contributed by atoms with van der Waals surface area (Å²) in [4.78, 5) is 27.1. The second-order valence-electron chi connectivity index (χ2n) is 7.85. The van der Waals surface area contributed by atoms with Gasteiger partial charge in [0.25, 0.3) is 0 Å². The Morgan fingerprint density at radius 2 is 2.12 bits per heavy atom. The molecule has 0 spiro atoms. The van der Waals surface area contributed by atoms with Crippen molar-refractivity contribution in [3.63, 3.8) is 0 Å². The van der Waals surface area contributed by atoms with E-state index >= 15 is 0 Å². The van der Waals surface area contributed by atoms with Crippen LogP contribution < -0.4 is 10.1 Å². The third-order valence-corrected chi connectivity index (χ3v) is 5.23. The minimum atomic E-state index is -0.396. The molecule has 1 aromatic carbocycles. The van der Waals surface area contributed by atoms with Crippen molar-refractivity contribution in [2.24, 2.45) is 5.41 Å². The van der Waals surface area contributed by atoms with Crippen molar-refractivity contribution in [3.05, 3.63) is 29.8 Å². The van der Waals surface area contributed by atoms with Gasteiger partial charge in [-0.3, -0.25) is 9.59 Å². The van der Waals surface area contributed by atoms with E-state index in [4.69, 9.17) is 4.74 Å². The summed E-state index contributed by atoms with van der Waals surface area (Å²) >= 11 is 1.63. The third-order valence-electron chi connectivity index (χ3n) is 4.21. The highest BCUT2D eigenvalue weighted by atomic mass is 32.2. The lowest BCUT2D eigenvalue weighted by atomic mass is 9.91. The minimum absolute atomic E-state index is 0.0497. The first-order valence-electron chi connectivity index (χ1n) is 9.11. The maximum absolute atomic E-state index is 12.8. The Bertz CT molecular complexity index is 642. The van der Waals surface area contributed by atoms with E-state index in [2.05, 4.69) is 5.32 Å². The van der Waals surface area contributed by atoms with Crippen LogP contribution in [-0.2, 0) is 9.59 Å². The second kappa shape index (κ2) is 8.80. The summed E-state index contributed by atoms with van der Waals surface area (Å²) in [5.41, 5.74) is 0.903. The van der Waals surface area contributed by atoms with E-state index < -0.39 is 6.04 Å². The molecular formula is C20H30N2O3S. The molecule has 26 heavy (non-hydrogen) atoms. The van der Waals surface area contributed by atoms with Gasteiger partial charge >= 0.3 is 0 Å². The largest absolute Gasteiger partial charge is 0.494 e. The molecule has 1 saturated heterocycles. The molecule has 0 saturated carbocycles. The summed E-state index contributed by atoms with van der Waals surface area (Å²) < 4.78 is 5.53. The molecule has 1 aromatic rings. The summed E-state index contributed by atoms with van der Waals surface area (Å²) in [6.45, 7) is 10.6. The zero-order valence-corrected chi connectivity index (χ0v) is 17.2. The average Bonchev–Trinajstić information content (AvgIpc) is 3.03. The number of carbonyl (C=O) groups excluding carboxylic acids is 2. The van der Waals surface area contributed by atoms with Crippen molar-refractivity contribution in [1.82, 2.24) is 10.2 Å². The number of hydrogen-bond donors (Lipinski definition) is 1. The van der Waals surface area contributed by atoms with Gasteiger partial charge in [0.1, 0.15) is 11.8 Å². The number of benzene rings is 1. The van der Waals surface area contributed by atoms with Crippen LogP contribution in [-0.4, -0.2) is 41.0 Å². The summed E-state index contributed by atoms with van der Waals surface area (Å²) in [6.07, 6.45) is 0.448. The zero-order valence-electron chi connectivity index (χ0n) is 16.4. The predicted molar refractivity (Wildman–Crippen MR) is 106 cm³/mol. The monoisotopic (exact) mass is 378 g/mol. The van der Waals surface area contributed by atoms with E-state index in [9.17, 15) is 9.59 Å². The van der Waals surface area contributed by atoms with Crippen molar-refractivity contribution < 1.29 is 14.3 Å². The summed E-state index contributed by atoms with van der Waals surface area (Å²) in [6, 6.07) is 7.20. The molecule has 1 fully saturated rings. The molecule has 1 aliphatic rings. The number of nitrogens with zero attached hydrogens (tertiary/aromatic N) is 1. The van der Waals surface area contributed by atoms with Gasteiger partial charge in [0.2, 0.25) is 11.8 Å². The Labute approximate surface area is 160 Å². The van der Waals surface area contributed by atoms with Gasteiger partial charge in [0.15, 0.2) is 0 Å². The Balaban J connectivity index is 2.01. The first-order chi connectivity index (χ1) is 12.2. The van der Waals surface area contributed by atoms with Crippen LogP contribution >= 0.6 is 11.8 Å². The topological polar surface area (TPSA) is 58.6 Å². The average molecular weight is 379 g/mol. The van der Waals surface area contributed by atoms with Gasteiger partial charge in [-0.2, -0.15) is 0 Å². The maximum Gasteiger partial charge on any atom is 0.244 e.